The Bertz CT molecular complexity index is 909. The maximum Gasteiger partial charge on any atom is 0.230 e. The van der Waals surface area contributed by atoms with Crippen molar-refractivity contribution in [2.24, 2.45) is 0 Å². The van der Waals surface area contributed by atoms with Gasteiger partial charge in [0.2, 0.25) is 5.91 Å². The summed E-state index contributed by atoms with van der Waals surface area (Å²) in [4.78, 5) is 17.8. The molecule has 0 radical (unpaired) electrons. The topological polar surface area (TPSA) is 65.8 Å². The van der Waals surface area contributed by atoms with Gasteiger partial charge in [-0.2, -0.15) is 5.26 Å². The smallest absolute Gasteiger partial charge is 0.230 e. The predicted molar refractivity (Wildman–Crippen MR) is 103 cm³/mol. The number of thioether (sulfide) groups is 1. The second kappa shape index (κ2) is 7.97. The number of nitrogens with zero attached hydrogens (tertiary/aromatic N) is 2. The van der Waals surface area contributed by atoms with Crippen LogP contribution < -0.4 is 5.32 Å². The Labute approximate surface area is 154 Å². The quantitative estimate of drug-likeness (QED) is 0.672. The van der Waals surface area contributed by atoms with E-state index < -0.39 is 0 Å². The summed E-state index contributed by atoms with van der Waals surface area (Å²) in [5.41, 5.74) is 3.29. The number of thiazole rings is 1. The predicted octanol–water partition coefficient (Wildman–Crippen LogP) is 4.58. The molecule has 0 fully saturated rings. The third-order valence-corrected chi connectivity index (χ3v) is 5.09. The van der Waals surface area contributed by atoms with Crippen molar-refractivity contribution in [1.82, 2.24) is 4.98 Å². The minimum atomic E-state index is -0.0855. The van der Waals surface area contributed by atoms with Gasteiger partial charge in [0.15, 0.2) is 5.13 Å². The summed E-state index contributed by atoms with van der Waals surface area (Å²) >= 11 is 3.06. The van der Waals surface area contributed by atoms with E-state index in [4.69, 9.17) is 5.26 Å². The highest BCUT2D eigenvalue weighted by Gasteiger charge is 2.09. The monoisotopic (exact) mass is 365 g/mol. The van der Waals surface area contributed by atoms with Crippen molar-refractivity contribution in [2.45, 2.75) is 11.3 Å². The lowest BCUT2D eigenvalue weighted by atomic mass is 10.1. The van der Waals surface area contributed by atoms with E-state index in [0.717, 1.165) is 16.8 Å². The number of carbonyl (C=O) groups is 1. The number of hydrogen-bond donors (Lipinski definition) is 1. The largest absolute Gasteiger partial charge is 0.302 e. The van der Waals surface area contributed by atoms with E-state index in [1.54, 1.807) is 23.9 Å². The highest BCUT2D eigenvalue weighted by molar-refractivity contribution is 7.98. The zero-order valence-corrected chi connectivity index (χ0v) is 15.2. The lowest BCUT2D eigenvalue weighted by molar-refractivity contribution is -0.115. The van der Waals surface area contributed by atoms with Gasteiger partial charge in [0.1, 0.15) is 0 Å². The average molecular weight is 365 g/mol. The number of nitrogens with one attached hydrogen (secondary N) is 1. The first kappa shape index (κ1) is 17.2. The Balaban J connectivity index is 1.63. The molecular weight excluding hydrogens is 350 g/mol. The van der Waals surface area contributed by atoms with Crippen LogP contribution in [0.4, 0.5) is 5.13 Å². The van der Waals surface area contributed by atoms with Crippen LogP contribution in [-0.4, -0.2) is 17.1 Å². The number of hydrogen-bond acceptors (Lipinski definition) is 5. The van der Waals surface area contributed by atoms with Gasteiger partial charge in [-0.05, 0) is 36.1 Å². The molecule has 1 heterocycles. The molecule has 2 aromatic carbocycles. The molecule has 0 unspecified atom stereocenters. The van der Waals surface area contributed by atoms with E-state index in [1.165, 1.54) is 16.2 Å². The molecule has 0 aliphatic rings. The van der Waals surface area contributed by atoms with Crippen LogP contribution in [0, 0.1) is 11.3 Å². The minimum absolute atomic E-state index is 0.0855. The molecule has 25 heavy (non-hydrogen) atoms. The molecule has 1 aromatic heterocycles. The Morgan fingerprint density at radius 1 is 1.20 bits per heavy atom. The average Bonchev–Trinajstić information content (AvgIpc) is 3.10. The van der Waals surface area contributed by atoms with Gasteiger partial charge >= 0.3 is 0 Å². The zero-order valence-electron chi connectivity index (χ0n) is 13.5. The molecule has 6 heteroatoms. The van der Waals surface area contributed by atoms with Gasteiger partial charge in [0.25, 0.3) is 0 Å². The Morgan fingerprint density at radius 3 is 2.56 bits per heavy atom. The minimum Gasteiger partial charge on any atom is -0.302 e. The van der Waals surface area contributed by atoms with Crippen LogP contribution in [0.2, 0.25) is 0 Å². The van der Waals surface area contributed by atoms with Gasteiger partial charge in [-0.1, -0.05) is 24.3 Å². The molecule has 0 atom stereocenters. The fourth-order valence-corrected chi connectivity index (χ4v) is 3.42. The van der Waals surface area contributed by atoms with Crippen molar-refractivity contribution >= 4 is 34.1 Å². The van der Waals surface area contributed by atoms with Crippen LogP contribution in [0.3, 0.4) is 0 Å². The molecular formula is C19H15N3OS2. The molecule has 0 aliphatic heterocycles. The van der Waals surface area contributed by atoms with Crippen LogP contribution in [0.5, 0.6) is 0 Å². The van der Waals surface area contributed by atoms with Crippen LogP contribution >= 0.6 is 23.1 Å². The number of carbonyl (C=O) groups excluding carboxylic acids is 1. The summed E-state index contributed by atoms with van der Waals surface area (Å²) in [5, 5.41) is 14.2. The fourth-order valence-electron chi connectivity index (χ4n) is 2.27. The Kier molecular flexibility index (Phi) is 5.49. The fraction of sp³-hybridized carbons (Fsp3) is 0.105. The standard InChI is InChI=1S/C19H15N3OS2/c1-24-16-8-4-13(5-9-16)10-18(23)22-19-21-17(12-25-19)15-6-2-14(11-20)3-7-15/h2-9,12H,10H2,1H3,(H,21,22,23). The summed E-state index contributed by atoms with van der Waals surface area (Å²) in [7, 11) is 0. The molecule has 4 nitrogen and oxygen atoms in total. The SMILES string of the molecule is CSc1ccc(CC(=O)Nc2nc(-c3ccc(C#N)cc3)cs2)cc1. The lowest BCUT2D eigenvalue weighted by Crippen LogP contribution is -2.14. The molecule has 0 saturated carbocycles. The van der Waals surface area contributed by atoms with E-state index >= 15 is 0 Å². The highest BCUT2D eigenvalue weighted by Crippen LogP contribution is 2.25. The van der Waals surface area contributed by atoms with Gasteiger partial charge in [-0.3, -0.25) is 4.79 Å². The zero-order chi connectivity index (χ0) is 17.6. The van der Waals surface area contributed by atoms with E-state index in [-0.39, 0.29) is 5.91 Å². The normalized spacial score (nSPS) is 10.2. The van der Waals surface area contributed by atoms with Crippen molar-refractivity contribution < 1.29 is 4.79 Å². The first-order valence-corrected chi connectivity index (χ1v) is 9.67. The summed E-state index contributed by atoms with van der Waals surface area (Å²) in [6, 6.07) is 17.3. The van der Waals surface area contributed by atoms with Crippen LogP contribution in [0.15, 0.2) is 58.8 Å². The number of nitriles is 1. The summed E-state index contributed by atoms with van der Waals surface area (Å²) < 4.78 is 0. The van der Waals surface area contributed by atoms with Gasteiger partial charge in [-0.15, -0.1) is 23.1 Å². The number of anilines is 1. The molecule has 1 N–H and O–H groups in total. The molecule has 3 aromatic rings. The molecule has 0 saturated heterocycles. The molecule has 0 aliphatic carbocycles. The molecule has 0 spiro atoms. The first-order chi connectivity index (χ1) is 12.2. The highest BCUT2D eigenvalue weighted by atomic mass is 32.2. The third-order valence-electron chi connectivity index (χ3n) is 3.58. The third kappa shape index (κ3) is 4.47. The number of amides is 1. The van der Waals surface area contributed by atoms with Crippen molar-refractivity contribution in [3.63, 3.8) is 0 Å². The van der Waals surface area contributed by atoms with Crippen molar-refractivity contribution in [2.75, 3.05) is 11.6 Å². The van der Waals surface area contributed by atoms with E-state index in [9.17, 15) is 4.79 Å². The lowest BCUT2D eigenvalue weighted by Gasteiger charge is -2.03. The second-order valence-electron chi connectivity index (χ2n) is 5.30. The van der Waals surface area contributed by atoms with Crippen molar-refractivity contribution in [1.29, 1.82) is 5.26 Å². The van der Waals surface area contributed by atoms with Gasteiger partial charge in [0, 0.05) is 15.8 Å². The summed E-state index contributed by atoms with van der Waals surface area (Å²) in [6.07, 6.45) is 2.34. The number of benzene rings is 2. The van der Waals surface area contributed by atoms with Crippen LogP contribution in [-0.2, 0) is 11.2 Å². The Morgan fingerprint density at radius 2 is 1.92 bits per heavy atom. The molecule has 0 bridgehead atoms. The van der Waals surface area contributed by atoms with Crippen molar-refractivity contribution in [3.8, 4) is 17.3 Å². The maximum absolute atomic E-state index is 12.2. The van der Waals surface area contributed by atoms with E-state index in [2.05, 4.69) is 16.4 Å². The van der Waals surface area contributed by atoms with Crippen LogP contribution in [0.25, 0.3) is 11.3 Å². The summed E-state index contributed by atoms with van der Waals surface area (Å²) in [6.45, 7) is 0. The molecule has 3 rings (SSSR count). The molecule has 124 valence electrons. The van der Waals surface area contributed by atoms with Gasteiger partial charge in [-0.25, -0.2) is 4.98 Å². The van der Waals surface area contributed by atoms with Crippen LogP contribution in [0.1, 0.15) is 11.1 Å². The molecule has 1 amide bonds. The van der Waals surface area contributed by atoms with Gasteiger partial charge < -0.3 is 5.32 Å². The second-order valence-corrected chi connectivity index (χ2v) is 7.04. The first-order valence-electron chi connectivity index (χ1n) is 7.57. The number of aromatic nitrogens is 1. The van der Waals surface area contributed by atoms with E-state index in [0.29, 0.717) is 17.1 Å². The summed E-state index contributed by atoms with van der Waals surface area (Å²) in [5.74, 6) is -0.0855. The van der Waals surface area contributed by atoms with Gasteiger partial charge in [0.05, 0.1) is 23.7 Å². The van der Waals surface area contributed by atoms with Crippen molar-refractivity contribution in [3.05, 3.63) is 65.0 Å². The Hall–Kier alpha value is -2.62. The van der Waals surface area contributed by atoms with E-state index in [1.807, 2.05) is 48.0 Å². The number of rotatable bonds is 5. The maximum atomic E-state index is 12.2.